The lowest BCUT2D eigenvalue weighted by Crippen LogP contribution is -2.29. The predicted octanol–water partition coefficient (Wildman–Crippen LogP) is 1.49. The minimum absolute atomic E-state index is 0.0555. The van der Waals surface area contributed by atoms with Crippen molar-refractivity contribution in [2.24, 2.45) is 5.92 Å². The number of halogens is 1. The first kappa shape index (κ1) is 22.2. The Morgan fingerprint density at radius 2 is 1.97 bits per heavy atom. The summed E-state index contributed by atoms with van der Waals surface area (Å²) in [5, 5.41) is 0. The normalized spacial score (nSPS) is 14.0. The molecule has 0 unspecified atom stereocenters. The van der Waals surface area contributed by atoms with E-state index >= 15 is 0 Å². The van der Waals surface area contributed by atoms with Crippen molar-refractivity contribution < 1.29 is 22.3 Å². The number of sulfone groups is 1. The number of H-pyrrole nitrogens is 1. The molecular weight excluding hydrogens is 415 g/mol. The largest absolute Gasteiger partial charge is 0.490 e. The van der Waals surface area contributed by atoms with Gasteiger partial charge in [0.15, 0.2) is 21.4 Å². The van der Waals surface area contributed by atoms with Crippen molar-refractivity contribution in [3.05, 3.63) is 62.7 Å². The number of ether oxygens (including phenoxy) is 2. The zero-order chi connectivity index (χ0) is 21.6. The summed E-state index contributed by atoms with van der Waals surface area (Å²) in [7, 11) is -3.31. The van der Waals surface area contributed by atoms with Gasteiger partial charge in [0, 0.05) is 18.9 Å². The molecule has 2 aromatic rings. The molecule has 8 nitrogen and oxygen atoms in total. The van der Waals surface area contributed by atoms with E-state index in [2.05, 4.69) is 4.98 Å². The van der Waals surface area contributed by atoms with Gasteiger partial charge >= 0.3 is 5.69 Å². The summed E-state index contributed by atoms with van der Waals surface area (Å²) in [4.78, 5) is 24.6. The summed E-state index contributed by atoms with van der Waals surface area (Å²) in [6.07, 6.45) is 4.06. The lowest BCUT2D eigenvalue weighted by molar-refractivity contribution is 0.0745. The number of rotatable bonds is 12. The molecule has 0 radical (unpaired) electrons. The third-order valence-corrected chi connectivity index (χ3v) is 6.48. The molecule has 1 aliphatic carbocycles. The maximum absolute atomic E-state index is 13.8. The maximum atomic E-state index is 13.8. The topological polar surface area (TPSA) is 107 Å². The second-order valence-electron chi connectivity index (χ2n) is 7.39. The molecule has 1 heterocycles. The fourth-order valence-corrected chi connectivity index (χ4v) is 4.08. The van der Waals surface area contributed by atoms with Crippen LogP contribution in [0.2, 0.25) is 0 Å². The van der Waals surface area contributed by atoms with Crippen molar-refractivity contribution in [3.63, 3.8) is 0 Å². The lowest BCUT2D eigenvalue weighted by atomic mass is 10.1. The first-order chi connectivity index (χ1) is 14.3. The van der Waals surface area contributed by atoms with E-state index in [0.29, 0.717) is 18.1 Å². The van der Waals surface area contributed by atoms with Crippen LogP contribution in [-0.2, 0) is 27.7 Å². The number of nitrogens with zero attached hydrogens (tertiary/aromatic N) is 1. The van der Waals surface area contributed by atoms with E-state index in [0.717, 1.165) is 12.8 Å². The number of benzene rings is 1. The van der Waals surface area contributed by atoms with Crippen molar-refractivity contribution >= 4 is 9.84 Å². The number of aryl methyl sites for hydroxylation is 1. The van der Waals surface area contributed by atoms with E-state index in [1.165, 1.54) is 22.9 Å². The summed E-state index contributed by atoms with van der Waals surface area (Å²) in [5.41, 5.74) is -0.375. The predicted molar refractivity (Wildman–Crippen MR) is 109 cm³/mol. The standard InChI is InChI=1S/C20H25FN2O6S/c21-17-5-4-15(12-18(17)29-13-16-2-3-16)7-11-30(26,27)10-1-9-28-14-23-8-6-19(24)22-20(23)25/h4-6,8,12,16H,1-3,7,9-11,13-14H2,(H,22,24,25). The quantitative estimate of drug-likeness (QED) is 0.501. The first-order valence-electron chi connectivity index (χ1n) is 9.81. The lowest BCUT2D eigenvalue weighted by Gasteiger charge is -2.10. The SMILES string of the molecule is O=c1ccn(COCCCS(=O)(=O)CCc2ccc(F)c(OCC3CC3)c2)c(=O)[nH]1. The number of nitrogens with one attached hydrogen (secondary N) is 1. The molecular formula is C20H25FN2O6S. The smallest absolute Gasteiger partial charge is 0.330 e. The Morgan fingerprint density at radius 1 is 1.17 bits per heavy atom. The van der Waals surface area contributed by atoms with Crippen LogP contribution in [0.4, 0.5) is 4.39 Å². The van der Waals surface area contributed by atoms with Crippen LogP contribution in [0.1, 0.15) is 24.8 Å². The molecule has 164 valence electrons. The van der Waals surface area contributed by atoms with Gasteiger partial charge in [-0.05, 0) is 49.3 Å². The summed E-state index contributed by atoms with van der Waals surface area (Å²) in [5.74, 6) is 0.113. The molecule has 0 spiro atoms. The van der Waals surface area contributed by atoms with Gasteiger partial charge in [0.1, 0.15) is 6.73 Å². The fraction of sp³-hybridized carbons (Fsp3) is 0.500. The van der Waals surface area contributed by atoms with Crippen LogP contribution in [0.25, 0.3) is 0 Å². The van der Waals surface area contributed by atoms with Crippen LogP contribution < -0.4 is 16.0 Å². The van der Waals surface area contributed by atoms with E-state index in [1.54, 1.807) is 12.1 Å². The number of hydrogen-bond donors (Lipinski definition) is 1. The van der Waals surface area contributed by atoms with Crippen LogP contribution in [0.5, 0.6) is 5.75 Å². The highest BCUT2D eigenvalue weighted by molar-refractivity contribution is 7.91. The first-order valence-corrected chi connectivity index (χ1v) is 11.6. The minimum atomic E-state index is -3.31. The Bertz CT molecular complexity index is 1080. The third kappa shape index (κ3) is 7.10. The highest BCUT2D eigenvalue weighted by atomic mass is 32.2. The molecule has 30 heavy (non-hydrogen) atoms. The Morgan fingerprint density at radius 3 is 2.70 bits per heavy atom. The summed E-state index contributed by atoms with van der Waals surface area (Å²) < 4.78 is 50.3. The van der Waals surface area contributed by atoms with Gasteiger partial charge in [0.25, 0.3) is 5.56 Å². The average molecular weight is 440 g/mol. The Hall–Kier alpha value is -2.46. The van der Waals surface area contributed by atoms with Gasteiger partial charge in [-0.25, -0.2) is 17.6 Å². The molecule has 1 saturated carbocycles. The highest BCUT2D eigenvalue weighted by Crippen LogP contribution is 2.30. The Kier molecular flexibility index (Phi) is 7.43. The van der Waals surface area contributed by atoms with Crippen LogP contribution >= 0.6 is 0 Å². The van der Waals surface area contributed by atoms with E-state index in [1.807, 2.05) is 0 Å². The third-order valence-electron chi connectivity index (χ3n) is 4.74. The fourth-order valence-electron chi connectivity index (χ4n) is 2.77. The molecule has 0 amide bonds. The van der Waals surface area contributed by atoms with Crippen molar-refractivity contribution in [3.8, 4) is 5.75 Å². The van der Waals surface area contributed by atoms with Gasteiger partial charge in [-0.15, -0.1) is 0 Å². The molecule has 0 bridgehead atoms. The van der Waals surface area contributed by atoms with Gasteiger partial charge in [0.05, 0.1) is 18.1 Å². The molecule has 0 aliphatic heterocycles. The molecule has 1 aliphatic rings. The summed E-state index contributed by atoms with van der Waals surface area (Å²) in [6.45, 7) is 0.569. The van der Waals surface area contributed by atoms with E-state index in [4.69, 9.17) is 9.47 Å². The number of hydrogen-bond acceptors (Lipinski definition) is 6. The van der Waals surface area contributed by atoms with Crippen molar-refractivity contribution in [1.82, 2.24) is 9.55 Å². The minimum Gasteiger partial charge on any atom is -0.490 e. The van der Waals surface area contributed by atoms with Crippen molar-refractivity contribution in [2.75, 3.05) is 24.7 Å². The molecule has 1 N–H and O–H groups in total. The van der Waals surface area contributed by atoms with Gasteiger partial charge < -0.3 is 9.47 Å². The van der Waals surface area contributed by atoms with E-state index in [-0.39, 0.29) is 43.4 Å². The highest BCUT2D eigenvalue weighted by Gasteiger charge is 2.22. The molecule has 0 atom stereocenters. The van der Waals surface area contributed by atoms with E-state index in [9.17, 15) is 22.4 Å². The molecule has 3 rings (SSSR count). The molecule has 1 aromatic heterocycles. The van der Waals surface area contributed by atoms with Gasteiger partial charge in [-0.1, -0.05) is 6.07 Å². The summed E-state index contributed by atoms with van der Waals surface area (Å²) >= 11 is 0. The zero-order valence-electron chi connectivity index (χ0n) is 16.5. The number of aromatic amines is 1. The number of aromatic nitrogens is 2. The zero-order valence-corrected chi connectivity index (χ0v) is 17.3. The van der Waals surface area contributed by atoms with Crippen LogP contribution in [-0.4, -0.2) is 42.7 Å². The van der Waals surface area contributed by atoms with Crippen LogP contribution in [0.3, 0.4) is 0 Å². The Labute approximate surface area is 173 Å². The van der Waals surface area contributed by atoms with Gasteiger partial charge in [0.2, 0.25) is 0 Å². The van der Waals surface area contributed by atoms with Crippen molar-refractivity contribution in [1.29, 1.82) is 0 Å². The molecule has 1 fully saturated rings. The molecule has 1 aromatic carbocycles. The second-order valence-corrected chi connectivity index (χ2v) is 9.70. The molecule has 10 heteroatoms. The van der Waals surface area contributed by atoms with Gasteiger partial charge in [-0.3, -0.25) is 14.3 Å². The average Bonchev–Trinajstić information content (AvgIpc) is 3.52. The van der Waals surface area contributed by atoms with Crippen LogP contribution in [0, 0.1) is 11.7 Å². The Balaban J connectivity index is 1.40. The monoisotopic (exact) mass is 440 g/mol. The van der Waals surface area contributed by atoms with Gasteiger partial charge in [-0.2, -0.15) is 0 Å². The second kappa shape index (κ2) is 10.0. The summed E-state index contributed by atoms with van der Waals surface area (Å²) in [6, 6.07) is 5.64. The van der Waals surface area contributed by atoms with Crippen molar-refractivity contribution in [2.45, 2.75) is 32.4 Å². The maximum Gasteiger partial charge on any atom is 0.330 e. The van der Waals surface area contributed by atoms with Crippen LogP contribution in [0.15, 0.2) is 40.1 Å². The van der Waals surface area contributed by atoms with E-state index < -0.39 is 26.9 Å². The molecule has 0 saturated heterocycles.